The number of carbonyl (C=O) groups excluding carboxylic acids is 2. The SMILES string of the molecule is COC(=O)CC(NC(=O)CCC1CCNCC1)c1ccccc1.Cl. The number of benzene rings is 1. The van der Waals surface area contributed by atoms with Gasteiger partial charge >= 0.3 is 5.97 Å². The molecule has 1 saturated heterocycles. The lowest BCUT2D eigenvalue weighted by atomic mass is 9.93. The van der Waals surface area contributed by atoms with Crippen LogP contribution in [0.1, 0.15) is 43.7 Å². The van der Waals surface area contributed by atoms with Crippen LogP contribution in [0.4, 0.5) is 0 Å². The normalized spacial score (nSPS) is 15.9. The molecule has 2 rings (SSSR count). The van der Waals surface area contributed by atoms with Crippen LogP contribution in [0.2, 0.25) is 0 Å². The van der Waals surface area contributed by atoms with E-state index in [-0.39, 0.29) is 36.7 Å². The van der Waals surface area contributed by atoms with Crippen molar-refractivity contribution < 1.29 is 14.3 Å². The second-order valence-electron chi connectivity index (χ2n) is 6.04. The minimum absolute atomic E-state index is 0. The summed E-state index contributed by atoms with van der Waals surface area (Å²) in [7, 11) is 1.36. The molecule has 1 aliphatic heterocycles. The van der Waals surface area contributed by atoms with Crippen molar-refractivity contribution in [1.29, 1.82) is 0 Å². The second kappa shape index (κ2) is 11.0. The third-order valence-electron chi connectivity index (χ3n) is 4.37. The molecule has 1 aliphatic rings. The molecule has 1 aromatic rings. The summed E-state index contributed by atoms with van der Waals surface area (Å²) in [6, 6.07) is 9.23. The van der Waals surface area contributed by atoms with Gasteiger partial charge in [-0.2, -0.15) is 0 Å². The molecule has 0 aromatic heterocycles. The Labute approximate surface area is 149 Å². The molecule has 6 heteroatoms. The van der Waals surface area contributed by atoms with E-state index in [1.54, 1.807) is 0 Å². The molecule has 2 N–H and O–H groups in total. The molecule has 5 nitrogen and oxygen atoms in total. The smallest absolute Gasteiger partial charge is 0.307 e. The predicted molar refractivity (Wildman–Crippen MR) is 96.0 cm³/mol. The summed E-state index contributed by atoms with van der Waals surface area (Å²) >= 11 is 0. The molecule has 0 spiro atoms. The van der Waals surface area contributed by atoms with Gasteiger partial charge in [0, 0.05) is 6.42 Å². The number of carbonyl (C=O) groups is 2. The Balaban J connectivity index is 0.00000288. The molecule has 0 aliphatic carbocycles. The lowest BCUT2D eigenvalue weighted by Gasteiger charge is -2.23. The van der Waals surface area contributed by atoms with Crippen molar-refractivity contribution in [2.45, 2.75) is 38.1 Å². The van der Waals surface area contributed by atoms with Crippen LogP contribution in [0.15, 0.2) is 30.3 Å². The standard InChI is InChI=1S/C18H26N2O3.ClH/c1-23-18(22)13-16(15-5-3-2-4-6-15)20-17(21)8-7-14-9-11-19-12-10-14;/h2-6,14,16,19H,7-13H2,1H3,(H,20,21);1H. The van der Waals surface area contributed by atoms with Gasteiger partial charge < -0.3 is 15.4 Å². The molecule has 0 radical (unpaired) electrons. The zero-order valence-corrected chi connectivity index (χ0v) is 14.9. The number of piperidine rings is 1. The minimum atomic E-state index is -0.329. The molecule has 1 heterocycles. The van der Waals surface area contributed by atoms with Crippen LogP contribution in [0, 0.1) is 5.92 Å². The predicted octanol–water partition coefficient (Wildman–Crippen LogP) is 2.61. The lowest BCUT2D eigenvalue weighted by molar-refractivity contribution is -0.141. The van der Waals surface area contributed by atoms with E-state index in [0.29, 0.717) is 12.3 Å². The Morgan fingerprint density at radius 2 is 1.92 bits per heavy atom. The van der Waals surface area contributed by atoms with E-state index in [4.69, 9.17) is 4.74 Å². The molecular weight excluding hydrogens is 328 g/mol. The number of hydrogen-bond donors (Lipinski definition) is 2. The number of methoxy groups -OCH3 is 1. The summed E-state index contributed by atoms with van der Waals surface area (Å²) < 4.78 is 4.74. The molecule has 1 fully saturated rings. The molecule has 1 atom stereocenters. The average molecular weight is 355 g/mol. The first-order valence-electron chi connectivity index (χ1n) is 8.31. The van der Waals surface area contributed by atoms with Gasteiger partial charge in [0.05, 0.1) is 19.6 Å². The van der Waals surface area contributed by atoms with Gasteiger partial charge in [-0.25, -0.2) is 0 Å². The molecule has 1 unspecified atom stereocenters. The molecule has 0 bridgehead atoms. The summed E-state index contributed by atoms with van der Waals surface area (Å²) in [6.45, 7) is 2.09. The van der Waals surface area contributed by atoms with E-state index in [1.807, 2.05) is 30.3 Å². The van der Waals surface area contributed by atoms with Crippen molar-refractivity contribution >= 4 is 24.3 Å². The fourth-order valence-electron chi connectivity index (χ4n) is 2.96. The van der Waals surface area contributed by atoms with Crippen molar-refractivity contribution in [3.63, 3.8) is 0 Å². The topological polar surface area (TPSA) is 67.4 Å². The highest BCUT2D eigenvalue weighted by Gasteiger charge is 2.20. The molecule has 0 saturated carbocycles. The van der Waals surface area contributed by atoms with Gasteiger partial charge in [-0.1, -0.05) is 30.3 Å². The van der Waals surface area contributed by atoms with Gasteiger partial charge in [0.2, 0.25) is 5.91 Å². The highest BCUT2D eigenvalue weighted by molar-refractivity contribution is 5.85. The first kappa shape index (κ1) is 20.5. The number of hydrogen-bond acceptors (Lipinski definition) is 4. The Kier molecular flexibility index (Phi) is 9.42. The maximum Gasteiger partial charge on any atom is 0.307 e. The van der Waals surface area contributed by atoms with Crippen molar-refractivity contribution in [3.05, 3.63) is 35.9 Å². The van der Waals surface area contributed by atoms with E-state index in [9.17, 15) is 9.59 Å². The fraction of sp³-hybridized carbons (Fsp3) is 0.556. The quantitative estimate of drug-likeness (QED) is 0.738. The van der Waals surface area contributed by atoms with E-state index < -0.39 is 0 Å². The zero-order valence-electron chi connectivity index (χ0n) is 14.1. The Morgan fingerprint density at radius 3 is 2.54 bits per heavy atom. The third-order valence-corrected chi connectivity index (χ3v) is 4.37. The second-order valence-corrected chi connectivity index (χ2v) is 6.04. The van der Waals surface area contributed by atoms with Crippen molar-refractivity contribution in [1.82, 2.24) is 10.6 Å². The number of esters is 1. The van der Waals surface area contributed by atoms with E-state index in [1.165, 1.54) is 7.11 Å². The lowest BCUT2D eigenvalue weighted by Crippen LogP contribution is -2.32. The van der Waals surface area contributed by atoms with Gasteiger partial charge in [-0.15, -0.1) is 12.4 Å². The first-order chi connectivity index (χ1) is 11.2. The maximum atomic E-state index is 12.3. The average Bonchev–Trinajstić information content (AvgIpc) is 2.61. The van der Waals surface area contributed by atoms with Crippen LogP contribution in [0.25, 0.3) is 0 Å². The summed E-state index contributed by atoms with van der Waals surface area (Å²) in [6.07, 6.45) is 3.84. The van der Waals surface area contributed by atoms with Gasteiger partial charge in [-0.3, -0.25) is 9.59 Å². The van der Waals surface area contributed by atoms with Crippen LogP contribution in [0.3, 0.4) is 0 Å². The van der Waals surface area contributed by atoms with Crippen LogP contribution in [-0.4, -0.2) is 32.1 Å². The number of ether oxygens (including phenoxy) is 1. The van der Waals surface area contributed by atoms with Crippen molar-refractivity contribution in [2.75, 3.05) is 20.2 Å². The molecule has 1 amide bonds. The number of rotatable bonds is 7. The maximum absolute atomic E-state index is 12.3. The molecule has 134 valence electrons. The highest BCUT2D eigenvalue weighted by Crippen LogP contribution is 2.20. The first-order valence-corrected chi connectivity index (χ1v) is 8.31. The largest absolute Gasteiger partial charge is 0.469 e. The molecular formula is C18H27ClN2O3. The number of nitrogens with one attached hydrogen (secondary N) is 2. The van der Waals surface area contributed by atoms with Crippen LogP contribution in [0.5, 0.6) is 0 Å². The monoisotopic (exact) mass is 354 g/mol. The van der Waals surface area contributed by atoms with Crippen LogP contribution >= 0.6 is 12.4 Å². The number of halogens is 1. The van der Waals surface area contributed by atoms with Crippen LogP contribution < -0.4 is 10.6 Å². The van der Waals surface area contributed by atoms with E-state index in [2.05, 4.69) is 10.6 Å². The molecule has 1 aromatic carbocycles. The Morgan fingerprint density at radius 1 is 1.25 bits per heavy atom. The fourth-order valence-corrected chi connectivity index (χ4v) is 2.96. The number of amides is 1. The highest BCUT2D eigenvalue weighted by atomic mass is 35.5. The Bertz CT molecular complexity index is 504. The van der Waals surface area contributed by atoms with Gasteiger partial charge in [0.1, 0.15) is 0 Å². The van der Waals surface area contributed by atoms with Crippen LogP contribution in [-0.2, 0) is 14.3 Å². The Hall–Kier alpha value is -1.59. The summed E-state index contributed by atoms with van der Waals surface area (Å²) in [4.78, 5) is 23.9. The van der Waals surface area contributed by atoms with Gasteiger partial charge in [0.25, 0.3) is 0 Å². The van der Waals surface area contributed by atoms with Gasteiger partial charge in [-0.05, 0) is 43.8 Å². The van der Waals surface area contributed by atoms with E-state index in [0.717, 1.165) is 37.9 Å². The van der Waals surface area contributed by atoms with E-state index >= 15 is 0 Å². The molecule has 24 heavy (non-hydrogen) atoms. The minimum Gasteiger partial charge on any atom is -0.469 e. The summed E-state index contributed by atoms with van der Waals surface area (Å²) in [5.41, 5.74) is 0.924. The van der Waals surface area contributed by atoms with Crippen molar-refractivity contribution in [3.8, 4) is 0 Å². The third kappa shape index (κ3) is 6.89. The van der Waals surface area contributed by atoms with Gasteiger partial charge in [0.15, 0.2) is 0 Å². The zero-order chi connectivity index (χ0) is 16.5. The summed E-state index contributed by atoms with van der Waals surface area (Å²) in [5.74, 6) is 0.302. The van der Waals surface area contributed by atoms with Crippen molar-refractivity contribution in [2.24, 2.45) is 5.92 Å². The summed E-state index contributed by atoms with van der Waals surface area (Å²) in [5, 5.41) is 6.31.